The summed E-state index contributed by atoms with van der Waals surface area (Å²) < 4.78 is 0. The number of amides is 1. The summed E-state index contributed by atoms with van der Waals surface area (Å²) >= 11 is 7.64. The molecule has 1 saturated heterocycles. The van der Waals surface area contributed by atoms with E-state index in [2.05, 4.69) is 25.8 Å². The van der Waals surface area contributed by atoms with Crippen molar-refractivity contribution in [3.63, 3.8) is 0 Å². The molecule has 124 valence electrons. The Bertz CT molecular complexity index is 884. The van der Waals surface area contributed by atoms with E-state index in [1.54, 1.807) is 11.4 Å². The van der Waals surface area contributed by atoms with Crippen LogP contribution in [0.25, 0.3) is 10.9 Å². The van der Waals surface area contributed by atoms with Crippen molar-refractivity contribution in [2.45, 2.75) is 12.8 Å². The third-order valence-corrected chi connectivity index (χ3v) is 5.38. The van der Waals surface area contributed by atoms with E-state index >= 15 is 0 Å². The van der Waals surface area contributed by atoms with Gasteiger partial charge in [-0.25, -0.2) is 4.98 Å². The maximum atomic E-state index is 12.4. The Kier molecular flexibility index (Phi) is 4.22. The average molecular weight is 362 g/mol. The van der Waals surface area contributed by atoms with Gasteiger partial charge in [0.2, 0.25) is 0 Å². The molecule has 6 nitrogen and oxygen atoms in total. The summed E-state index contributed by atoms with van der Waals surface area (Å²) in [5, 5.41) is 17.3. The predicted molar refractivity (Wildman–Crippen MR) is 95.9 cm³/mol. The highest BCUT2D eigenvalue weighted by Crippen LogP contribution is 2.27. The number of nitrogens with zero attached hydrogens (tertiary/aromatic N) is 2. The lowest BCUT2D eigenvalue weighted by molar-refractivity contribution is 0.102. The van der Waals surface area contributed by atoms with Gasteiger partial charge < -0.3 is 10.6 Å². The van der Waals surface area contributed by atoms with Gasteiger partial charge in [0.1, 0.15) is 5.69 Å². The number of thiazole rings is 1. The Hall–Kier alpha value is -1.96. The van der Waals surface area contributed by atoms with Crippen molar-refractivity contribution in [1.82, 2.24) is 20.5 Å². The van der Waals surface area contributed by atoms with Gasteiger partial charge in [0, 0.05) is 17.2 Å². The predicted octanol–water partition coefficient (Wildman–Crippen LogP) is 3.08. The molecule has 1 fully saturated rings. The van der Waals surface area contributed by atoms with Crippen molar-refractivity contribution in [3.8, 4) is 0 Å². The minimum absolute atomic E-state index is 0.254. The van der Waals surface area contributed by atoms with Crippen LogP contribution in [0, 0.1) is 5.92 Å². The minimum Gasteiger partial charge on any atom is -0.316 e. The van der Waals surface area contributed by atoms with Gasteiger partial charge in [-0.1, -0.05) is 17.7 Å². The van der Waals surface area contributed by atoms with E-state index in [0.29, 0.717) is 28.0 Å². The molecule has 0 radical (unpaired) electrons. The van der Waals surface area contributed by atoms with Gasteiger partial charge in [0.15, 0.2) is 5.82 Å². The topological polar surface area (TPSA) is 82.7 Å². The first-order valence-electron chi connectivity index (χ1n) is 7.80. The number of hydrogen-bond acceptors (Lipinski definition) is 5. The molecule has 1 amide bonds. The fourth-order valence-electron chi connectivity index (χ4n) is 2.92. The number of H-pyrrole nitrogens is 1. The highest BCUT2D eigenvalue weighted by molar-refractivity contribution is 7.09. The third-order valence-electron chi connectivity index (χ3n) is 4.19. The number of benzene rings is 1. The number of para-hydroxylation sites is 1. The van der Waals surface area contributed by atoms with Gasteiger partial charge in [-0.2, -0.15) is 5.10 Å². The molecular formula is C16H16ClN5OS. The molecule has 24 heavy (non-hydrogen) atoms. The molecule has 3 heterocycles. The van der Waals surface area contributed by atoms with Crippen LogP contribution < -0.4 is 10.6 Å². The minimum atomic E-state index is -0.254. The van der Waals surface area contributed by atoms with Crippen LogP contribution in [-0.2, 0) is 6.42 Å². The van der Waals surface area contributed by atoms with E-state index in [-0.39, 0.29) is 5.91 Å². The fraction of sp³-hybridized carbons (Fsp3) is 0.312. The molecule has 1 unspecified atom stereocenters. The summed E-state index contributed by atoms with van der Waals surface area (Å²) in [5.74, 6) is 0.826. The molecular weight excluding hydrogens is 346 g/mol. The van der Waals surface area contributed by atoms with Gasteiger partial charge >= 0.3 is 0 Å². The lowest BCUT2D eigenvalue weighted by Crippen LogP contribution is -2.14. The molecule has 1 aliphatic rings. The van der Waals surface area contributed by atoms with Crippen LogP contribution in [0.3, 0.4) is 0 Å². The third kappa shape index (κ3) is 3.02. The quantitative estimate of drug-likeness (QED) is 0.667. The van der Waals surface area contributed by atoms with E-state index in [1.807, 2.05) is 12.1 Å². The van der Waals surface area contributed by atoms with Crippen molar-refractivity contribution in [1.29, 1.82) is 0 Å². The van der Waals surface area contributed by atoms with Gasteiger partial charge in [0.05, 0.1) is 15.5 Å². The van der Waals surface area contributed by atoms with Crippen LogP contribution >= 0.6 is 22.9 Å². The Morgan fingerprint density at radius 1 is 1.46 bits per heavy atom. The van der Waals surface area contributed by atoms with E-state index < -0.39 is 0 Å². The number of rotatable bonds is 4. The number of carbonyl (C=O) groups excluding carboxylic acids is 1. The molecule has 1 aliphatic heterocycles. The summed E-state index contributed by atoms with van der Waals surface area (Å²) in [6, 6.07) is 5.46. The highest BCUT2D eigenvalue weighted by atomic mass is 35.5. The number of carbonyl (C=O) groups is 1. The normalized spacial score (nSPS) is 17.5. The van der Waals surface area contributed by atoms with Crippen LogP contribution in [0.2, 0.25) is 5.02 Å². The van der Waals surface area contributed by atoms with Crippen molar-refractivity contribution < 1.29 is 4.79 Å². The van der Waals surface area contributed by atoms with Gasteiger partial charge in [-0.15, -0.1) is 11.3 Å². The summed E-state index contributed by atoms with van der Waals surface area (Å²) in [6.07, 6.45) is 2.09. The molecule has 1 aromatic carbocycles. The zero-order valence-electron chi connectivity index (χ0n) is 12.8. The van der Waals surface area contributed by atoms with E-state index in [0.717, 1.165) is 29.9 Å². The molecule has 2 aromatic heterocycles. The number of nitrogens with one attached hydrogen (secondary N) is 3. The Morgan fingerprint density at radius 2 is 2.38 bits per heavy atom. The number of hydrogen-bond donors (Lipinski definition) is 3. The number of fused-ring (bicyclic) bond motifs is 1. The second-order valence-electron chi connectivity index (χ2n) is 5.88. The lowest BCUT2D eigenvalue weighted by Gasteiger charge is -2.04. The van der Waals surface area contributed by atoms with Crippen molar-refractivity contribution in [2.24, 2.45) is 5.92 Å². The zero-order valence-corrected chi connectivity index (χ0v) is 14.4. The van der Waals surface area contributed by atoms with Gasteiger partial charge in [0.25, 0.3) is 5.91 Å². The molecule has 0 bridgehead atoms. The number of aromatic amines is 1. The molecule has 3 aromatic rings. The van der Waals surface area contributed by atoms with E-state index in [4.69, 9.17) is 11.6 Å². The highest BCUT2D eigenvalue weighted by Gasteiger charge is 2.19. The first kappa shape index (κ1) is 15.6. The number of anilines is 1. The first-order chi connectivity index (χ1) is 11.7. The molecule has 0 aliphatic carbocycles. The van der Waals surface area contributed by atoms with Crippen molar-refractivity contribution in [3.05, 3.63) is 39.3 Å². The first-order valence-corrected chi connectivity index (χ1v) is 9.05. The second-order valence-corrected chi connectivity index (χ2v) is 7.23. The maximum Gasteiger partial charge on any atom is 0.276 e. The standard InChI is InChI=1S/C16H16ClN5OS/c17-11-3-1-2-10-14(11)21-22-15(10)20-16(23)12-8-24-13(19-12)6-9-4-5-18-7-9/h1-3,8-9,18H,4-7H2,(H2,20,21,22,23). The van der Waals surface area contributed by atoms with Crippen molar-refractivity contribution >= 4 is 45.6 Å². The Balaban J connectivity index is 1.49. The molecule has 0 saturated carbocycles. The SMILES string of the molecule is O=C(Nc1n[nH]c2c(Cl)cccc12)c1csc(CC2CCNC2)n1. The van der Waals surface area contributed by atoms with E-state index in [1.165, 1.54) is 17.8 Å². The molecule has 8 heteroatoms. The number of halogens is 1. The van der Waals surface area contributed by atoms with Crippen LogP contribution in [0.5, 0.6) is 0 Å². The summed E-state index contributed by atoms with van der Waals surface area (Å²) in [4.78, 5) is 16.9. The van der Waals surface area contributed by atoms with Gasteiger partial charge in [-0.3, -0.25) is 9.89 Å². The summed E-state index contributed by atoms with van der Waals surface area (Å²) in [6.45, 7) is 2.10. The molecule has 4 rings (SSSR count). The molecule has 3 N–H and O–H groups in total. The van der Waals surface area contributed by atoms with E-state index in [9.17, 15) is 4.79 Å². The maximum absolute atomic E-state index is 12.4. The van der Waals surface area contributed by atoms with Crippen LogP contribution in [-0.4, -0.2) is 34.2 Å². The van der Waals surface area contributed by atoms with Gasteiger partial charge in [-0.05, 0) is 37.6 Å². The largest absolute Gasteiger partial charge is 0.316 e. The van der Waals surface area contributed by atoms with Crippen LogP contribution in [0.15, 0.2) is 23.6 Å². The smallest absolute Gasteiger partial charge is 0.276 e. The fourth-order valence-corrected chi connectivity index (χ4v) is 4.03. The molecule has 1 atom stereocenters. The van der Waals surface area contributed by atoms with Crippen molar-refractivity contribution in [2.75, 3.05) is 18.4 Å². The van der Waals surface area contributed by atoms with Crippen LogP contribution in [0.1, 0.15) is 21.9 Å². The number of aromatic nitrogens is 3. The average Bonchev–Trinajstić information content (AvgIpc) is 3.30. The second kappa shape index (κ2) is 6.51. The Morgan fingerprint density at radius 3 is 3.21 bits per heavy atom. The Labute approximate surface area is 147 Å². The molecule has 0 spiro atoms. The summed E-state index contributed by atoms with van der Waals surface area (Å²) in [5.41, 5.74) is 1.14. The monoisotopic (exact) mass is 361 g/mol. The zero-order chi connectivity index (χ0) is 16.5. The summed E-state index contributed by atoms with van der Waals surface area (Å²) in [7, 11) is 0. The van der Waals surface area contributed by atoms with Crippen LogP contribution in [0.4, 0.5) is 5.82 Å². The lowest BCUT2D eigenvalue weighted by atomic mass is 10.1.